The van der Waals surface area contributed by atoms with Gasteiger partial charge >= 0.3 is 0 Å². The molecule has 0 radical (unpaired) electrons. The highest BCUT2D eigenvalue weighted by atomic mass is 35.5. The van der Waals surface area contributed by atoms with E-state index in [1.165, 1.54) is 5.56 Å². The van der Waals surface area contributed by atoms with Gasteiger partial charge in [0.1, 0.15) is 0 Å². The minimum Gasteiger partial charge on any atom is -0.298 e. The normalized spacial score (nSPS) is 10.2. The molecule has 2 aromatic carbocycles. The van der Waals surface area contributed by atoms with Gasteiger partial charge < -0.3 is 0 Å². The van der Waals surface area contributed by atoms with E-state index < -0.39 is 0 Å². The summed E-state index contributed by atoms with van der Waals surface area (Å²) in [7, 11) is 0. The van der Waals surface area contributed by atoms with Gasteiger partial charge in [-0.3, -0.25) is 4.79 Å². The first-order valence-electron chi connectivity index (χ1n) is 5.58. The first-order chi connectivity index (χ1) is 8.24. The summed E-state index contributed by atoms with van der Waals surface area (Å²) in [6, 6.07) is 13.9. The zero-order chi connectivity index (χ0) is 12.3. The first-order valence-corrected chi connectivity index (χ1v) is 5.96. The fourth-order valence-electron chi connectivity index (χ4n) is 1.74. The fraction of sp³-hybridized carbons (Fsp3) is 0.133. The number of benzene rings is 2. The highest BCUT2D eigenvalue weighted by molar-refractivity contribution is 6.33. The average Bonchev–Trinajstić information content (AvgIpc) is 2.39. The third-order valence-electron chi connectivity index (χ3n) is 2.82. The second-order valence-corrected chi connectivity index (χ2v) is 4.31. The minimum atomic E-state index is 0.497. The summed E-state index contributed by atoms with van der Waals surface area (Å²) in [5, 5.41) is 0.497. The van der Waals surface area contributed by atoms with Crippen molar-refractivity contribution in [3.8, 4) is 11.1 Å². The van der Waals surface area contributed by atoms with Crippen LogP contribution in [0.15, 0.2) is 42.5 Å². The predicted octanol–water partition coefficient (Wildman–Crippen LogP) is 4.38. The van der Waals surface area contributed by atoms with E-state index in [1.807, 2.05) is 12.1 Å². The minimum absolute atomic E-state index is 0.497. The molecule has 0 bridgehead atoms. The fourth-order valence-corrected chi connectivity index (χ4v) is 1.96. The average molecular weight is 245 g/mol. The molecule has 0 N–H and O–H groups in total. The Balaban J connectivity index is 2.38. The summed E-state index contributed by atoms with van der Waals surface area (Å²) in [6.45, 7) is 2.13. The van der Waals surface area contributed by atoms with Gasteiger partial charge in [-0.2, -0.15) is 0 Å². The van der Waals surface area contributed by atoms with Crippen molar-refractivity contribution in [3.63, 3.8) is 0 Å². The summed E-state index contributed by atoms with van der Waals surface area (Å²) in [6.07, 6.45) is 1.80. The summed E-state index contributed by atoms with van der Waals surface area (Å²) in [5.41, 5.74) is 3.98. The van der Waals surface area contributed by atoms with E-state index in [2.05, 4.69) is 31.2 Å². The van der Waals surface area contributed by atoms with Crippen LogP contribution in [0.3, 0.4) is 0 Å². The monoisotopic (exact) mass is 244 g/mol. The molecule has 86 valence electrons. The second-order valence-electron chi connectivity index (χ2n) is 3.90. The standard InChI is InChI=1S/C15H13ClO/c1-2-11-3-5-12(6-4-11)13-7-8-14(10-17)15(16)9-13/h3-10H,2H2,1H3. The molecule has 0 saturated carbocycles. The molecule has 2 aromatic rings. The quantitative estimate of drug-likeness (QED) is 0.733. The van der Waals surface area contributed by atoms with Gasteiger partial charge in [0.15, 0.2) is 6.29 Å². The number of hydrogen-bond acceptors (Lipinski definition) is 1. The van der Waals surface area contributed by atoms with Crippen molar-refractivity contribution in [3.05, 3.63) is 58.6 Å². The highest BCUT2D eigenvalue weighted by Gasteiger charge is 2.02. The van der Waals surface area contributed by atoms with Gasteiger partial charge in [-0.1, -0.05) is 48.9 Å². The number of halogens is 1. The number of rotatable bonds is 3. The molecular weight excluding hydrogens is 232 g/mol. The highest BCUT2D eigenvalue weighted by Crippen LogP contribution is 2.25. The molecule has 1 nitrogen and oxygen atoms in total. The van der Waals surface area contributed by atoms with Crippen LogP contribution in [0.2, 0.25) is 5.02 Å². The van der Waals surface area contributed by atoms with Crippen molar-refractivity contribution >= 4 is 17.9 Å². The Kier molecular flexibility index (Phi) is 3.60. The summed E-state index contributed by atoms with van der Waals surface area (Å²) in [5.74, 6) is 0. The van der Waals surface area contributed by atoms with E-state index in [4.69, 9.17) is 11.6 Å². The lowest BCUT2D eigenvalue weighted by Crippen LogP contribution is -1.85. The molecule has 0 unspecified atom stereocenters. The predicted molar refractivity (Wildman–Crippen MR) is 71.7 cm³/mol. The van der Waals surface area contributed by atoms with Crippen molar-refractivity contribution in [1.29, 1.82) is 0 Å². The van der Waals surface area contributed by atoms with E-state index in [0.717, 1.165) is 23.8 Å². The van der Waals surface area contributed by atoms with Crippen LogP contribution >= 0.6 is 11.6 Å². The summed E-state index contributed by atoms with van der Waals surface area (Å²) >= 11 is 6.01. The lowest BCUT2D eigenvalue weighted by atomic mass is 10.0. The van der Waals surface area contributed by atoms with Crippen LogP contribution in [0.1, 0.15) is 22.8 Å². The topological polar surface area (TPSA) is 17.1 Å². The van der Waals surface area contributed by atoms with Gasteiger partial charge in [0.25, 0.3) is 0 Å². The van der Waals surface area contributed by atoms with Gasteiger partial charge in [-0.15, -0.1) is 0 Å². The molecule has 0 aliphatic carbocycles. The maximum Gasteiger partial charge on any atom is 0.151 e. The van der Waals surface area contributed by atoms with Gasteiger partial charge in [0, 0.05) is 5.56 Å². The van der Waals surface area contributed by atoms with Crippen LogP contribution in [0, 0.1) is 0 Å². The Morgan fingerprint density at radius 1 is 1.06 bits per heavy atom. The molecule has 2 rings (SSSR count). The maximum atomic E-state index is 10.7. The molecule has 17 heavy (non-hydrogen) atoms. The smallest absolute Gasteiger partial charge is 0.151 e. The van der Waals surface area contributed by atoms with Crippen molar-refractivity contribution in [2.75, 3.05) is 0 Å². The van der Waals surface area contributed by atoms with Crippen molar-refractivity contribution in [2.45, 2.75) is 13.3 Å². The molecule has 0 aliphatic rings. The zero-order valence-corrected chi connectivity index (χ0v) is 10.4. The van der Waals surface area contributed by atoms with Crippen LogP contribution in [0.5, 0.6) is 0 Å². The molecule has 0 amide bonds. The molecule has 0 atom stereocenters. The Bertz CT molecular complexity index is 529. The van der Waals surface area contributed by atoms with Gasteiger partial charge in [-0.25, -0.2) is 0 Å². The molecule has 0 saturated heterocycles. The van der Waals surface area contributed by atoms with Crippen molar-refractivity contribution in [2.24, 2.45) is 0 Å². The van der Waals surface area contributed by atoms with E-state index in [-0.39, 0.29) is 0 Å². The summed E-state index contributed by atoms with van der Waals surface area (Å²) in [4.78, 5) is 10.7. The van der Waals surface area contributed by atoms with Crippen molar-refractivity contribution < 1.29 is 4.79 Å². The first kappa shape index (κ1) is 11.9. The number of aryl methyl sites for hydroxylation is 1. The third-order valence-corrected chi connectivity index (χ3v) is 3.15. The maximum absolute atomic E-state index is 10.7. The van der Waals surface area contributed by atoms with Crippen LogP contribution in [0.4, 0.5) is 0 Å². The number of hydrogen-bond donors (Lipinski definition) is 0. The molecular formula is C15H13ClO. The van der Waals surface area contributed by atoms with Gasteiger partial charge in [-0.05, 0) is 35.2 Å². The van der Waals surface area contributed by atoms with Crippen LogP contribution in [-0.2, 0) is 6.42 Å². The lowest BCUT2D eigenvalue weighted by molar-refractivity contribution is 0.112. The number of aldehydes is 1. The Morgan fingerprint density at radius 2 is 1.71 bits per heavy atom. The van der Waals surface area contributed by atoms with Gasteiger partial charge in [0.05, 0.1) is 5.02 Å². The number of carbonyl (C=O) groups is 1. The summed E-state index contributed by atoms with van der Waals surface area (Å²) < 4.78 is 0. The van der Waals surface area contributed by atoms with E-state index >= 15 is 0 Å². The Labute approximate surface area is 106 Å². The van der Waals surface area contributed by atoms with Crippen molar-refractivity contribution in [1.82, 2.24) is 0 Å². The van der Waals surface area contributed by atoms with E-state index in [1.54, 1.807) is 6.07 Å². The van der Waals surface area contributed by atoms with Crippen LogP contribution in [0.25, 0.3) is 11.1 Å². The van der Waals surface area contributed by atoms with Gasteiger partial charge in [0.2, 0.25) is 0 Å². The van der Waals surface area contributed by atoms with E-state index in [9.17, 15) is 4.79 Å². The molecule has 0 heterocycles. The largest absolute Gasteiger partial charge is 0.298 e. The van der Waals surface area contributed by atoms with E-state index in [0.29, 0.717) is 10.6 Å². The Hall–Kier alpha value is -1.60. The Morgan fingerprint density at radius 3 is 2.24 bits per heavy atom. The molecule has 2 heteroatoms. The van der Waals surface area contributed by atoms with Crippen LogP contribution < -0.4 is 0 Å². The van der Waals surface area contributed by atoms with Crippen LogP contribution in [-0.4, -0.2) is 6.29 Å². The zero-order valence-electron chi connectivity index (χ0n) is 9.61. The molecule has 0 aromatic heterocycles. The lowest BCUT2D eigenvalue weighted by Gasteiger charge is -2.05. The second kappa shape index (κ2) is 5.15. The molecule has 0 spiro atoms. The molecule has 0 aliphatic heterocycles. The SMILES string of the molecule is CCc1ccc(-c2ccc(C=O)c(Cl)c2)cc1. The number of carbonyl (C=O) groups excluding carboxylic acids is 1. The third kappa shape index (κ3) is 2.56. The molecule has 0 fully saturated rings.